The van der Waals surface area contributed by atoms with E-state index in [0.717, 1.165) is 42.9 Å². The van der Waals surface area contributed by atoms with Crippen LogP contribution in [0.4, 0.5) is 11.4 Å². The summed E-state index contributed by atoms with van der Waals surface area (Å²) in [6.07, 6.45) is 1.40. The van der Waals surface area contributed by atoms with Crippen LogP contribution in [0.1, 0.15) is 18.4 Å². The van der Waals surface area contributed by atoms with Crippen LogP contribution in [0.2, 0.25) is 5.02 Å². The molecule has 2 aromatic rings. The number of hydrogen-bond acceptors (Lipinski definition) is 4. The molecule has 0 radical (unpaired) electrons. The minimum absolute atomic E-state index is 0.0308. The summed E-state index contributed by atoms with van der Waals surface area (Å²) >= 11 is 6.06. The summed E-state index contributed by atoms with van der Waals surface area (Å²) in [6, 6.07) is 15.1. The third kappa shape index (κ3) is 5.21. The summed E-state index contributed by atoms with van der Waals surface area (Å²) in [5, 5.41) is 13.0. The van der Waals surface area contributed by atoms with Gasteiger partial charge in [0.1, 0.15) is 6.61 Å². The minimum atomic E-state index is -0.203. The summed E-state index contributed by atoms with van der Waals surface area (Å²) in [4.78, 5) is 14.2. The quantitative estimate of drug-likeness (QED) is 0.812. The lowest BCUT2D eigenvalue weighted by Gasteiger charge is -2.31. The first-order chi connectivity index (χ1) is 12.6. The number of aliphatic hydroxyl groups is 1. The molecule has 0 spiro atoms. The van der Waals surface area contributed by atoms with Gasteiger partial charge in [-0.3, -0.25) is 4.79 Å². The average molecular weight is 375 g/mol. The number of carbonyl (C=O) groups is 1. The molecule has 0 aromatic heterocycles. The number of nitrogens with zero attached hydrogens (tertiary/aromatic N) is 1. The molecule has 3 rings (SSSR count). The van der Waals surface area contributed by atoms with Gasteiger partial charge in [-0.2, -0.15) is 0 Å². The standard InChI is InChI=1S/C20H23ClN2O3/c21-19-4-2-1-3-15(19)13-26-14-20(25)22-16-5-7-17(8-6-16)23-11-9-18(24)10-12-23/h1-8,18,24H,9-14H2,(H,22,25). The Morgan fingerprint density at radius 2 is 1.85 bits per heavy atom. The highest BCUT2D eigenvalue weighted by Crippen LogP contribution is 2.22. The van der Waals surface area contributed by atoms with E-state index in [-0.39, 0.29) is 18.6 Å². The summed E-state index contributed by atoms with van der Waals surface area (Å²) in [5.74, 6) is -0.203. The van der Waals surface area contributed by atoms with Crippen molar-refractivity contribution in [3.8, 4) is 0 Å². The number of nitrogens with one attached hydrogen (secondary N) is 1. The number of anilines is 2. The Morgan fingerprint density at radius 3 is 2.54 bits per heavy atom. The maximum absolute atomic E-state index is 12.0. The lowest BCUT2D eigenvalue weighted by Crippen LogP contribution is -2.35. The molecule has 26 heavy (non-hydrogen) atoms. The monoisotopic (exact) mass is 374 g/mol. The molecule has 0 aliphatic carbocycles. The Balaban J connectivity index is 1.45. The van der Waals surface area contributed by atoms with E-state index in [1.165, 1.54) is 0 Å². The van der Waals surface area contributed by atoms with Gasteiger partial charge in [-0.1, -0.05) is 29.8 Å². The third-order valence-corrected chi connectivity index (χ3v) is 4.80. The Morgan fingerprint density at radius 1 is 1.15 bits per heavy atom. The van der Waals surface area contributed by atoms with E-state index in [1.54, 1.807) is 6.07 Å². The molecule has 1 aliphatic heterocycles. The van der Waals surface area contributed by atoms with E-state index >= 15 is 0 Å². The number of ether oxygens (including phenoxy) is 1. The second kappa shape index (κ2) is 9.03. The summed E-state index contributed by atoms with van der Waals surface area (Å²) in [6.45, 7) is 1.97. The fourth-order valence-corrected chi connectivity index (χ4v) is 3.14. The predicted octanol–water partition coefficient (Wildman–Crippen LogP) is 3.46. The number of amides is 1. The first-order valence-electron chi connectivity index (χ1n) is 8.76. The molecule has 1 aliphatic rings. The van der Waals surface area contributed by atoms with E-state index in [2.05, 4.69) is 10.2 Å². The van der Waals surface area contributed by atoms with Gasteiger partial charge in [0.15, 0.2) is 0 Å². The van der Waals surface area contributed by atoms with Crippen molar-refractivity contribution < 1.29 is 14.6 Å². The van der Waals surface area contributed by atoms with Crippen molar-refractivity contribution in [3.63, 3.8) is 0 Å². The number of benzene rings is 2. The molecular formula is C20H23ClN2O3. The Labute approximate surface area is 158 Å². The molecular weight excluding hydrogens is 352 g/mol. The lowest BCUT2D eigenvalue weighted by atomic mass is 10.1. The van der Waals surface area contributed by atoms with Gasteiger partial charge >= 0.3 is 0 Å². The second-order valence-corrected chi connectivity index (χ2v) is 6.80. The maximum atomic E-state index is 12.0. The zero-order chi connectivity index (χ0) is 18.4. The average Bonchev–Trinajstić information content (AvgIpc) is 2.65. The van der Waals surface area contributed by atoms with Gasteiger partial charge in [-0.15, -0.1) is 0 Å². The molecule has 6 heteroatoms. The van der Waals surface area contributed by atoms with Gasteiger partial charge in [-0.25, -0.2) is 0 Å². The smallest absolute Gasteiger partial charge is 0.250 e. The number of hydrogen-bond donors (Lipinski definition) is 2. The van der Waals surface area contributed by atoms with Crippen LogP contribution >= 0.6 is 11.6 Å². The third-order valence-electron chi connectivity index (χ3n) is 4.43. The zero-order valence-electron chi connectivity index (χ0n) is 14.5. The number of halogens is 1. The van der Waals surface area contributed by atoms with Crippen LogP contribution < -0.4 is 10.2 Å². The molecule has 1 fully saturated rings. The molecule has 0 bridgehead atoms. The van der Waals surface area contributed by atoms with Crippen molar-refractivity contribution in [2.75, 3.05) is 29.9 Å². The highest BCUT2D eigenvalue weighted by Gasteiger charge is 2.17. The highest BCUT2D eigenvalue weighted by atomic mass is 35.5. The molecule has 0 saturated carbocycles. The van der Waals surface area contributed by atoms with Crippen molar-refractivity contribution in [2.24, 2.45) is 0 Å². The summed E-state index contributed by atoms with van der Waals surface area (Å²) in [7, 11) is 0. The Bertz CT molecular complexity index is 728. The molecule has 1 amide bonds. The van der Waals surface area contributed by atoms with Gasteiger partial charge in [0.25, 0.3) is 0 Å². The number of piperidine rings is 1. The van der Waals surface area contributed by atoms with Crippen LogP contribution in [0.5, 0.6) is 0 Å². The molecule has 2 aromatic carbocycles. The molecule has 1 heterocycles. The first-order valence-corrected chi connectivity index (χ1v) is 9.14. The van der Waals surface area contributed by atoms with Gasteiger partial charge < -0.3 is 20.1 Å². The summed E-state index contributed by atoms with van der Waals surface area (Å²) < 4.78 is 5.44. The zero-order valence-corrected chi connectivity index (χ0v) is 15.3. The Hall–Kier alpha value is -2.08. The summed E-state index contributed by atoms with van der Waals surface area (Å²) in [5.41, 5.74) is 2.69. The fourth-order valence-electron chi connectivity index (χ4n) is 2.95. The Kier molecular flexibility index (Phi) is 6.50. The molecule has 5 nitrogen and oxygen atoms in total. The topological polar surface area (TPSA) is 61.8 Å². The van der Waals surface area contributed by atoms with E-state index in [9.17, 15) is 9.90 Å². The molecule has 0 unspecified atom stereocenters. The van der Waals surface area contributed by atoms with Crippen molar-refractivity contribution in [2.45, 2.75) is 25.6 Å². The number of rotatable bonds is 6. The van der Waals surface area contributed by atoms with E-state index in [1.807, 2.05) is 42.5 Å². The maximum Gasteiger partial charge on any atom is 0.250 e. The van der Waals surface area contributed by atoms with Gasteiger partial charge in [-0.05, 0) is 48.7 Å². The van der Waals surface area contributed by atoms with Crippen molar-refractivity contribution in [1.82, 2.24) is 0 Å². The van der Waals surface area contributed by atoms with E-state index in [4.69, 9.17) is 16.3 Å². The molecule has 2 N–H and O–H groups in total. The van der Waals surface area contributed by atoms with E-state index < -0.39 is 0 Å². The first kappa shape index (κ1) is 18.7. The number of aliphatic hydroxyl groups excluding tert-OH is 1. The van der Waals surface area contributed by atoms with Crippen LogP contribution in [0, 0.1) is 0 Å². The SMILES string of the molecule is O=C(COCc1ccccc1Cl)Nc1ccc(N2CCC(O)CC2)cc1. The van der Waals surface area contributed by atoms with Crippen molar-refractivity contribution >= 4 is 28.9 Å². The molecule has 0 atom stereocenters. The van der Waals surface area contributed by atoms with Crippen LogP contribution in [-0.4, -0.2) is 36.8 Å². The normalized spacial score (nSPS) is 15.1. The highest BCUT2D eigenvalue weighted by molar-refractivity contribution is 6.31. The number of carbonyl (C=O) groups excluding carboxylic acids is 1. The van der Waals surface area contributed by atoms with Gasteiger partial charge in [0, 0.05) is 29.5 Å². The lowest BCUT2D eigenvalue weighted by molar-refractivity contribution is -0.121. The molecule has 138 valence electrons. The van der Waals surface area contributed by atoms with Gasteiger partial charge in [0.05, 0.1) is 12.7 Å². The minimum Gasteiger partial charge on any atom is -0.393 e. The van der Waals surface area contributed by atoms with E-state index in [0.29, 0.717) is 11.6 Å². The van der Waals surface area contributed by atoms with Gasteiger partial charge in [0.2, 0.25) is 5.91 Å². The second-order valence-electron chi connectivity index (χ2n) is 6.40. The van der Waals surface area contributed by atoms with Crippen LogP contribution in [0.25, 0.3) is 0 Å². The van der Waals surface area contributed by atoms with Crippen molar-refractivity contribution in [1.29, 1.82) is 0 Å². The van der Waals surface area contributed by atoms with Crippen LogP contribution in [0.3, 0.4) is 0 Å². The molecule has 1 saturated heterocycles. The predicted molar refractivity (Wildman–Crippen MR) is 104 cm³/mol. The largest absolute Gasteiger partial charge is 0.393 e. The van der Waals surface area contributed by atoms with Crippen LogP contribution in [-0.2, 0) is 16.1 Å². The van der Waals surface area contributed by atoms with Crippen molar-refractivity contribution in [3.05, 3.63) is 59.1 Å². The fraction of sp³-hybridized carbons (Fsp3) is 0.350. The van der Waals surface area contributed by atoms with Crippen LogP contribution in [0.15, 0.2) is 48.5 Å².